The molecule has 1 aromatic rings. The van der Waals surface area contributed by atoms with Gasteiger partial charge in [0.25, 0.3) is 0 Å². The van der Waals surface area contributed by atoms with Gasteiger partial charge in [0.05, 0.1) is 15.0 Å². The Morgan fingerprint density at radius 3 is 2.55 bits per heavy atom. The van der Waals surface area contributed by atoms with E-state index in [0.717, 1.165) is 33.3 Å². The van der Waals surface area contributed by atoms with Gasteiger partial charge in [0.2, 0.25) is 0 Å². The monoisotopic (exact) mass is 472 g/mol. The van der Waals surface area contributed by atoms with Crippen molar-refractivity contribution < 1.29 is 9.47 Å². The summed E-state index contributed by atoms with van der Waals surface area (Å²) in [6.07, 6.45) is 3.73. The van der Waals surface area contributed by atoms with Crippen LogP contribution in [-0.4, -0.2) is 19.1 Å². The molecule has 0 radical (unpaired) electrons. The Morgan fingerprint density at radius 1 is 1.23 bits per heavy atom. The molecule has 2 nitrogen and oxygen atoms in total. The second-order valence-corrected chi connectivity index (χ2v) is 8.59. The zero-order valence-corrected chi connectivity index (χ0v) is 17.4. The average Bonchev–Trinajstić information content (AvgIpc) is 2.44. The van der Waals surface area contributed by atoms with Crippen LogP contribution in [-0.2, 0) is 0 Å². The van der Waals surface area contributed by atoms with Crippen LogP contribution in [0, 0.1) is 0 Å². The summed E-state index contributed by atoms with van der Waals surface area (Å²) >= 11 is 18.6. The maximum Gasteiger partial charge on any atom is 0.141 e. The molecule has 0 heterocycles. The molecule has 1 aromatic carbocycles. The van der Waals surface area contributed by atoms with Crippen molar-refractivity contribution in [2.75, 3.05) is 19.1 Å². The van der Waals surface area contributed by atoms with Crippen LogP contribution in [0.3, 0.4) is 0 Å². The highest BCUT2D eigenvalue weighted by Gasteiger charge is 2.14. The molecular weight excluding hydrogens is 455 g/mol. The van der Waals surface area contributed by atoms with E-state index in [4.69, 9.17) is 32.7 Å². The largest absolute Gasteiger partial charge is 0.492 e. The maximum absolute atomic E-state index is 6.37. The van der Waals surface area contributed by atoms with Gasteiger partial charge in [0.1, 0.15) is 18.1 Å². The molecule has 0 fully saturated rings. The molecule has 0 unspecified atom stereocenters. The molecule has 0 aliphatic carbocycles. The van der Waals surface area contributed by atoms with Gasteiger partial charge >= 0.3 is 0 Å². The molecule has 0 atom stereocenters. The van der Waals surface area contributed by atoms with Crippen LogP contribution in [0.25, 0.3) is 0 Å². The van der Waals surface area contributed by atoms with Gasteiger partial charge in [0.15, 0.2) is 0 Å². The topological polar surface area (TPSA) is 18.5 Å². The molecule has 0 saturated carbocycles. The Kier molecular flexibility index (Phi) is 9.89. The van der Waals surface area contributed by atoms with E-state index >= 15 is 0 Å². The quantitative estimate of drug-likeness (QED) is 0.287. The fourth-order valence-corrected chi connectivity index (χ4v) is 2.55. The van der Waals surface area contributed by atoms with E-state index in [9.17, 15) is 0 Å². The first-order valence-corrected chi connectivity index (χ1v) is 9.61. The van der Waals surface area contributed by atoms with Crippen LogP contribution in [0.2, 0.25) is 5.02 Å². The third-order valence-corrected chi connectivity index (χ3v) is 4.13. The molecule has 0 spiro atoms. The number of halogens is 4. The third kappa shape index (κ3) is 7.12. The van der Waals surface area contributed by atoms with E-state index < -0.39 is 0 Å². The van der Waals surface area contributed by atoms with E-state index in [1.807, 2.05) is 12.1 Å². The van der Waals surface area contributed by atoms with Crippen molar-refractivity contribution in [3.63, 3.8) is 0 Å². The fraction of sp³-hybridized carbons (Fsp3) is 0.500. The Balaban J connectivity index is 2.86. The number of hydrogen-bond acceptors (Lipinski definition) is 2. The Morgan fingerprint density at radius 2 is 1.95 bits per heavy atom. The average molecular weight is 475 g/mol. The minimum Gasteiger partial charge on any atom is -0.492 e. The molecule has 0 aromatic heterocycles. The van der Waals surface area contributed by atoms with Crippen molar-refractivity contribution in [3.05, 3.63) is 32.2 Å². The summed E-state index contributed by atoms with van der Waals surface area (Å²) in [4.78, 5) is 0. The van der Waals surface area contributed by atoms with Gasteiger partial charge in [-0.05, 0) is 62.8 Å². The maximum atomic E-state index is 6.37. The molecule has 0 saturated heterocycles. The van der Waals surface area contributed by atoms with Crippen LogP contribution in [0.1, 0.15) is 38.2 Å². The zero-order valence-electron chi connectivity index (χ0n) is 12.7. The smallest absolute Gasteiger partial charge is 0.141 e. The van der Waals surface area contributed by atoms with Crippen molar-refractivity contribution >= 4 is 55.1 Å². The first-order chi connectivity index (χ1) is 10.5. The predicted octanol–water partition coefficient (Wildman–Crippen LogP) is 6.87. The van der Waals surface area contributed by atoms with Crippen LogP contribution < -0.4 is 9.47 Å². The van der Waals surface area contributed by atoms with Gasteiger partial charge in [-0.15, -0.1) is 11.6 Å². The highest BCUT2D eigenvalue weighted by Crippen LogP contribution is 2.37. The summed E-state index contributed by atoms with van der Waals surface area (Å²) in [5.74, 6) is 2.43. The lowest BCUT2D eigenvalue weighted by atomic mass is 10.0. The molecule has 1 rings (SSSR count). The second kappa shape index (κ2) is 10.8. The summed E-state index contributed by atoms with van der Waals surface area (Å²) in [5, 5.41) is 0.578. The van der Waals surface area contributed by atoms with Gasteiger partial charge < -0.3 is 9.47 Å². The van der Waals surface area contributed by atoms with Crippen molar-refractivity contribution in [3.8, 4) is 11.5 Å². The normalized spacial score (nSPS) is 10.7. The van der Waals surface area contributed by atoms with E-state index in [1.54, 1.807) is 6.07 Å². The summed E-state index contributed by atoms with van der Waals surface area (Å²) in [6.45, 7) is 5.29. The van der Waals surface area contributed by atoms with Gasteiger partial charge in [-0.25, -0.2) is 0 Å². The summed E-state index contributed by atoms with van der Waals surface area (Å²) in [6, 6.07) is 3.78. The number of rotatable bonds is 9. The van der Waals surface area contributed by atoms with Crippen molar-refractivity contribution in [1.82, 2.24) is 0 Å². The van der Waals surface area contributed by atoms with Crippen LogP contribution in [0.4, 0.5) is 0 Å². The highest BCUT2D eigenvalue weighted by atomic mass is 79.9. The zero-order chi connectivity index (χ0) is 16.5. The number of alkyl halides is 1. The van der Waals surface area contributed by atoms with Crippen LogP contribution >= 0.6 is 55.1 Å². The summed E-state index contributed by atoms with van der Waals surface area (Å²) < 4.78 is 12.4. The number of unbranched alkanes of at least 4 members (excludes halogenated alkanes) is 1. The number of benzene rings is 1. The summed E-state index contributed by atoms with van der Waals surface area (Å²) in [5.41, 5.74) is 1.05. The van der Waals surface area contributed by atoms with Crippen LogP contribution in [0.5, 0.6) is 11.5 Å². The Hall–Kier alpha value is 0.1000. The molecule has 0 bridgehead atoms. The molecule has 0 N–H and O–H groups in total. The molecule has 124 valence electrons. The summed E-state index contributed by atoms with van der Waals surface area (Å²) in [7, 11) is 0. The minimum atomic E-state index is 0.294. The molecule has 0 aliphatic rings. The lowest BCUT2D eigenvalue weighted by molar-refractivity contribution is 0.304. The molecule has 0 aliphatic heterocycles. The SMILES string of the molecule is CC(C)c1cc(OCC=C(Br)Br)cc(Cl)c1OCCCCCl. The molecule has 0 amide bonds. The Bertz CT molecular complexity index is 501. The molecule has 6 heteroatoms. The van der Waals surface area contributed by atoms with Gasteiger partial charge in [-0.3, -0.25) is 0 Å². The lowest BCUT2D eigenvalue weighted by Crippen LogP contribution is -2.04. The van der Waals surface area contributed by atoms with Gasteiger partial charge in [-0.1, -0.05) is 25.4 Å². The van der Waals surface area contributed by atoms with Crippen LogP contribution in [0.15, 0.2) is 21.6 Å². The third-order valence-electron chi connectivity index (χ3n) is 2.93. The number of ether oxygens (including phenoxy) is 2. The molecular formula is C16H20Br2Cl2O2. The fourth-order valence-electron chi connectivity index (χ4n) is 1.82. The first-order valence-electron chi connectivity index (χ1n) is 7.11. The van der Waals surface area contributed by atoms with Crippen molar-refractivity contribution in [1.29, 1.82) is 0 Å². The molecule has 22 heavy (non-hydrogen) atoms. The van der Waals surface area contributed by atoms with E-state index in [1.165, 1.54) is 0 Å². The minimum absolute atomic E-state index is 0.294. The Labute approximate surface area is 159 Å². The first kappa shape index (κ1) is 20.1. The van der Waals surface area contributed by atoms with Crippen molar-refractivity contribution in [2.24, 2.45) is 0 Å². The number of hydrogen-bond donors (Lipinski definition) is 0. The van der Waals surface area contributed by atoms with E-state index in [-0.39, 0.29) is 0 Å². The van der Waals surface area contributed by atoms with E-state index in [0.29, 0.717) is 30.0 Å². The highest BCUT2D eigenvalue weighted by molar-refractivity contribution is 9.28. The van der Waals surface area contributed by atoms with Gasteiger partial charge in [0, 0.05) is 17.5 Å². The van der Waals surface area contributed by atoms with E-state index in [2.05, 4.69) is 45.7 Å². The van der Waals surface area contributed by atoms with Crippen molar-refractivity contribution in [2.45, 2.75) is 32.6 Å². The second-order valence-electron chi connectivity index (χ2n) is 5.03. The predicted molar refractivity (Wildman–Crippen MR) is 102 cm³/mol. The lowest BCUT2D eigenvalue weighted by Gasteiger charge is -2.17. The van der Waals surface area contributed by atoms with Gasteiger partial charge in [-0.2, -0.15) is 0 Å². The standard InChI is InChI=1S/C16H20Br2Cl2O2/c1-11(2)13-9-12(21-8-5-15(17)18)10-14(20)16(13)22-7-4-3-6-19/h5,9-11H,3-4,6-8H2,1-2H3.